The molecule has 0 aromatic heterocycles. The van der Waals surface area contributed by atoms with E-state index in [1.807, 2.05) is 0 Å². The summed E-state index contributed by atoms with van der Waals surface area (Å²) in [7, 11) is 0. The van der Waals surface area contributed by atoms with Crippen molar-refractivity contribution >= 4 is 11.9 Å². The highest BCUT2D eigenvalue weighted by atomic mass is 16.6. The fraction of sp³-hybridized carbons (Fsp3) is 0.100. The van der Waals surface area contributed by atoms with Crippen molar-refractivity contribution in [3.8, 4) is 34.1 Å². The zero-order valence-electron chi connectivity index (χ0n) is 14.4. The maximum Gasteiger partial charge on any atom is 0.338 e. The van der Waals surface area contributed by atoms with Crippen LogP contribution < -0.4 is 9.47 Å². The van der Waals surface area contributed by atoms with E-state index in [0.717, 1.165) is 0 Å². The zero-order chi connectivity index (χ0) is 19.4. The molecule has 134 valence electrons. The monoisotopic (exact) mass is 354 g/mol. The third-order valence-corrected chi connectivity index (χ3v) is 3.37. The SMILES string of the molecule is C=C(C)C(=O)Oc1cc(-c2ccccc2)c(O)c(O)c1OC(=O)C(=C)C. The standard InChI is InChI=1S/C20H18O6/c1-11(2)19(23)25-15-10-14(13-8-6-5-7-9-13)16(21)17(22)18(15)26-20(24)12(3)4/h5-10,21-22H,1,3H2,2,4H3. The Bertz CT molecular complexity index is 896. The minimum atomic E-state index is -0.847. The maximum absolute atomic E-state index is 11.9. The van der Waals surface area contributed by atoms with Crippen LogP contribution in [-0.2, 0) is 9.59 Å². The van der Waals surface area contributed by atoms with Gasteiger partial charge in [0, 0.05) is 16.7 Å². The first-order valence-electron chi connectivity index (χ1n) is 7.62. The summed E-state index contributed by atoms with van der Waals surface area (Å²) in [6, 6.07) is 9.94. The van der Waals surface area contributed by atoms with Gasteiger partial charge < -0.3 is 19.7 Å². The lowest BCUT2D eigenvalue weighted by molar-refractivity contribution is -0.132. The lowest BCUT2D eigenvalue weighted by atomic mass is 10.0. The predicted octanol–water partition coefficient (Wildman–Crippen LogP) is 3.73. The molecular weight excluding hydrogens is 336 g/mol. The first kappa shape index (κ1) is 18.8. The lowest BCUT2D eigenvalue weighted by Crippen LogP contribution is -2.13. The van der Waals surface area contributed by atoms with Crippen molar-refractivity contribution in [1.29, 1.82) is 0 Å². The number of rotatable bonds is 5. The van der Waals surface area contributed by atoms with Gasteiger partial charge in [0.1, 0.15) is 0 Å². The lowest BCUT2D eigenvalue weighted by Gasteiger charge is -2.16. The largest absolute Gasteiger partial charge is 0.504 e. The highest BCUT2D eigenvalue weighted by molar-refractivity contribution is 5.93. The molecule has 2 N–H and O–H groups in total. The van der Waals surface area contributed by atoms with Crippen molar-refractivity contribution in [2.75, 3.05) is 0 Å². The summed E-state index contributed by atoms with van der Waals surface area (Å²) in [4.78, 5) is 23.7. The molecule has 2 aromatic rings. The first-order chi connectivity index (χ1) is 12.2. The number of hydrogen-bond acceptors (Lipinski definition) is 6. The molecule has 0 saturated heterocycles. The normalized spacial score (nSPS) is 10.1. The second kappa shape index (κ2) is 7.57. The molecule has 2 aromatic carbocycles. The van der Waals surface area contributed by atoms with E-state index in [1.54, 1.807) is 30.3 Å². The molecule has 2 rings (SSSR count). The van der Waals surface area contributed by atoms with Crippen LogP contribution in [0.1, 0.15) is 13.8 Å². The number of esters is 2. The number of phenols is 2. The number of ether oxygens (including phenoxy) is 2. The third kappa shape index (κ3) is 3.92. The molecule has 0 atom stereocenters. The van der Waals surface area contributed by atoms with Crippen molar-refractivity contribution in [2.24, 2.45) is 0 Å². The summed E-state index contributed by atoms with van der Waals surface area (Å²) in [6.07, 6.45) is 0. The average molecular weight is 354 g/mol. The van der Waals surface area contributed by atoms with Gasteiger partial charge in [0.25, 0.3) is 0 Å². The molecule has 0 amide bonds. The van der Waals surface area contributed by atoms with E-state index in [2.05, 4.69) is 13.2 Å². The van der Waals surface area contributed by atoms with Gasteiger partial charge in [-0.25, -0.2) is 9.59 Å². The summed E-state index contributed by atoms with van der Waals surface area (Å²) in [5.41, 5.74) is 0.928. The van der Waals surface area contributed by atoms with E-state index in [0.29, 0.717) is 5.56 Å². The van der Waals surface area contributed by atoms with E-state index in [9.17, 15) is 19.8 Å². The Balaban J connectivity index is 2.64. The Morgan fingerprint density at radius 1 is 0.885 bits per heavy atom. The second-order valence-electron chi connectivity index (χ2n) is 5.65. The smallest absolute Gasteiger partial charge is 0.338 e. The molecule has 0 spiro atoms. The van der Waals surface area contributed by atoms with Gasteiger partial charge in [0.15, 0.2) is 11.5 Å². The van der Waals surface area contributed by atoms with Gasteiger partial charge in [-0.2, -0.15) is 0 Å². The Morgan fingerprint density at radius 3 is 1.96 bits per heavy atom. The van der Waals surface area contributed by atoms with Crippen molar-refractivity contribution < 1.29 is 29.3 Å². The molecule has 26 heavy (non-hydrogen) atoms. The fourth-order valence-corrected chi connectivity index (χ4v) is 2.00. The van der Waals surface area contributed by atoms with Crippen molar-refractivity contribution in [3.63, 3.8) is 0 Å². The van der Waals surface area contributed by atoms with Gasteiger partial charge in [0.05, 0.1) is 0 Å². The topological polar surface area (TPSA) is 93.1 Å². The number of aromatic hydroxyl groups is 2. The van der Waals surface area contributed by atoms with Gasteiger partial charge in [0.2, 0.25) is 11.5 Å². The fourth-order valence-electron chi connectivity index (χ4n) is 2.00. The Morgan fingerprint density at radius 2 is 1.42 bits per heavy atom. The minimum Gasteiger partial charge on any atom is -0.504 e. The van der Waals surface area contributed by atoms with Gasteiger partial charge in [-0.3, -0.25) is 0 Å². The van der Waals surface area contributed by atoms with Crippen LogP contribution in [0.3, 0.4) is 0 Å². The maximum atomic E-state index is 11.9. The van der Waals surface area contributed by atoms with E-state index in [4.69, 9.17) is 9.47 Å². The Labute approximate surface area is 150 Å². The molecule has 0 bridgehead atoms. The molecule has 0 fully saturated rings. The number of hydrogen-bond donors (Lipinski definition) is 2. The highest BCUT2D eigenvalue weighted by Gasteiger charge is 2.25. The Hall–Kier alpha value is -3.54. The first-order valence-corrected chi connectivity index (χ1v) is 7.62. The molecule has 6 nitrogen and oxygen atoms in total. The van der Waals surface area contributed by atoms with Gasteiger partial charge in [-0.1, -0.05) is 43.5 Å². The summed E-state index contributed by atoms with van der Waals surface area (Å²) >= 11 is 0. The number of carbonyl (C=O) groups excluding carboxylic acids is 2. The van der Waals surface area contributed by atoms with Gasteiger partial charge >= 0.3 is 11.9 Å². The zero-order valence-corrected chi connectivity index (χ0v) is 14.4. The van der Waals surface area contributed by atoms with Crippen LogP contribution in [0.4, 0.5) is 0 Å². The van der Waals surface area contributed by atoms with Crippen LogP contribution in [0.5, 0.6) is 23.0 Å². The molecule has 0 radical (unpaired) electrons. The van der Waals surface area contributed by atoms with Gasteiger partial charge in [-0.15, -0.1) is 0 Å². The Kier molecular flexibility index (Phi) is 5.47. The van der Waals surface area contributed by atoms with Crippen LogP contribution >= 0.6 is 0 Å². The molecular formula is C20H18O6. The second-order valence-corrected chi connectivity index (χ2v) is 5.65. The van der Waals surface area contributed by atoms with Crippen molar-refractivity contribution in [2.45, 2.75) is 13.8 Å². The number of benzene rings is 2. The summed E-state index contributed by atoms with van der Waals surface area (Å²) < 4.78 is 10.2. The molecule has 6 heteroatoms. The minimum absolute atomic E-state index is 0.0632. The molecule has 0 aliphatic rings. The van der Waals surface area contributed by atoms with Crippen LogP contribution in [-0.4, -0.2) is 22.2 Å². The molecule has 0 saturated carbocycles. The van der Waals surface area contributed by atoms with Crippen LogP contribution in [0.2, 0.25) is 0 Å². The highest BCUT2D eigenvalue weighted by Crippen LogP contribution is 2.49. The van der Waals surface area contributed by atoms with E-state index in [1.165, 1.54) is 19.9 Å². The summed E-state index contributed by atoms with van der Waals surface area (Å²) in [5, 5.41) is 20.7. The van der Waals surface area contributed by atoms with E-state index in [-0.39, 0.29) is 22.5 Å². The van der Waals surface area contributed by atoms with Crippen molar-refractivity contribution in [3.05, 3.63) is 60.7 Å². The molecule has 0 heterocycles. The van der Waals surface area contributed by atoms with Crippen molar-refractivity contribution in [1.82, 2.24) is 0 Å². The third-order valence-electron chi connectivity index (χ3n) is 3.37. The van der Waals surface area contributed by atoms with E-state index < -0.39 is 29.2 Å². The number of phenolic OH excluding ortho intramolecular Hbond substituents is 2. The quantitative estimate of drug-likeness (QED) is 0.368. The number of carbonyl (C=O) groups is 2. The molecule has 0 aliphatic carbocycles. The average Bonchev–Trinajstić information content (AvgIpc) is 2.61. The predicted molar refractivity (Wildman–Crippen MR) is 96.1 cm³/mol. The van der Waals surface area contributed by atoms with Crippen LogP contribution in [0.15, 0.2) is 60.7 Å². The van der Waals surface area contributed by atoms with Gasteiger partial charge in [-0.05, 0) is 25.5 Å². The van der Waals surface area contributed by atoms with Crippen LogP contribution in [0.25, 0.3) is 11.1 Å². The molecule has 0 unspecified atom stereocenters. The summed E-state index contributed by atoms with van der Waals surface area (Å²) in [6.45, 7) is 9.79. The molecule has 0 aliphatic heterocycles. The van der Waals surface area contributed by atoms with Crippen LogP contribution in [0, 0.1) is 0 Å². The summed E-state index contributed by atoms with van der Waals surface area (Å²) in [5.74, 6) is -3.59. The van der Waals surface area contributed by atoms with E-state index >= 15 is 0 Å².